The molecule has 786 valence electrons. The highest BCUT2D eigenvalue weighted by Gasteiger charge is 2.64. The fourth-order valence-corrected chi connectivity index (χ4v) is 17.8. The van der Waals surface area contributed by atoms with E-state index in [0.717, 1.165) is 34.6 Å². The van der Waals surface area contributed by atoms with E-state index in [-0.39, 0.29) is 0 Å². The summed E-state index contributed by atoms with van der Waals surface area (Å²) in [6.45, 7) is -5.92. The van der Waals surface area contributed by atoms with Crippen LogP contribution >= 0.6 is 0 Å². The van der Waals surface area contributed by atoms with Crippen molar-refractivity contribution in [2.24, 2.45) is 0 Å². The molecule has 0 aromatic rings. The highest BCUT2D eigenvalue weighted by atomic mass is 16.8. The van der Waals surface area contributed by atoms with Crippen LogP contribution < -0.4 is 26.6 Å². The molecule has 136 heavy (non-hydrogen) atoms. The van der Waals surface area contributed by atoms with Crippen LogP contribution in [0.4, 0.5) is 0 Å². The molecule has 60 heteroatoms. The third kappa shape index (κ3) is 24.6. The summed E-state index contributed by atoms with van der Waals surface area (Å²) in [5.41, 5.74) is 0. The minimum atomic E-state index is -2.70. The first-order chi connectivity index (χ1) is 64.3. The summed E-state index contributed by atoms with van der Waals surface area (Å²) in [7, 11) is 0. The maximum atomic E-state index is 13.7. The molecule has 11 rings (SSSR count). The average molecular weight is 1990 g/mol. The summed E-state index contributed by atoms with van der Waals surface area (Å²) in [6, 6.07) is -9.97. The molecule has 0 unspecified atom stereocenters. The number of hydrogen-bond donors (Lipinski definition) is 34. The van der Waals surface area contributed by atoms with E-state index in [9.17, 15) is 172 Å². The summed E-state index contributed by atoms with van der Waals surface area (Å²) >= 11 is 0. The minimum Gasteiger partial charge on any atom is -0.394 e. The standard InChI is InChI=1S/C76H127N5O55/c1-17-38(96)50(108)53(111)72(117-17)136-65-64(135-69-34(78-19(3)92)49(107)40(98)24(8-83)121-69)46(104)30(14-89)126-76(65)131-58-35(79-20(4)93)67(119-25(9-84)41(58)99)116-16-32-47(105)63(134-71-36(80-21(5)94)59(42(100)26(10-85)123-71)129-74-55(113)61(44(102)29(13-88)125-74)132-68-33(77-18(2)91)48(106)39(97)23(7-82)120-68)56(114)75(127-32)130-60-37(81-22(6)95)70(122-27(11-86)43(60)101)133-62-45(103)28(12-87)124-73(54(62)112)128-57-31(15-90)118-66(115)52(110)51(57)109/h17,23-76,82-90,96-115H,7-16H2,1-6H3,(H,77,91)(H,78,92)(H,79,93)(H,80,94)(H,81,95)/t17-,23+,24+,25+,26+,27+,28+,29+,30+,31+,32+,33+,34+,35+,36+,37+,38+,39-,40-,41+,42+,43+,44-,45-,46-,47-,48+,49+,50+,51+,52+,53-,54+,55+,56+,57+,58+,59+,60+,61-,62-,63-,64-,65+,66+,67+,68+,69+,70-,71-,72-,73-,74-,75-,76-/m0/s1. The van der Waals surface area contributed by atoms with Crippen LogP contribution in [0.25, 0.3) is 0 Å². The van der Waals surface area contributed by atoms with Gasteiger partial charge in [0.1, 0.15) is 262 Å². The van der Waals surface area contributed by atoms with Crippen molar-refractivity contribution in [3.63, 3.8) is 0 Å². The van der Waals surface area contributed by atoms with Gasteiger partial charge < -0.3 is 274 Å². The third-order valence-electron chi connectivity index (χ3n) is 24.9. The molecule has 5 amide bonds. The van der Waals surface area contributed by atoms with Gasteiger partial charge in [-0.25, -0.2) is 0 Å². The monoisotopic (exact) mass is 1990 g/mol. The third-order valence-corrected chi connectivity index (χ3v) is 24.9. The Kier molecular flexibility index (Phi) is 40.1. The van der Waals surface area contributed by atoms with Crippen LogP contribution in [-0.2, 0) is 123 Å². The van der Waals surface area contributed by atoms with Crippen molar-refractivity contribution in [2.45, 2.75) is 379 Å². The summed E-state index contributed by atoms with van der Waals surface area (Å²) in [5, 5.41) is 339. The molecule has 0 saturated carbocycles. The predicted octanol–water partition coefficient (Wildman–Crippen LogP) is -23.2. The van der Waals surface area contributed by atoms with Crippen LogP contribution in [0.2, 0.25) is 0 Å². The van der Waals surface area contributed by atoms with Gasteiger partial charge in [0.15, 0.2) is 69.2 Å². The summed E-state index contributed by atoms with van der Waals surface area (Å²) in [4.78, 5) is 66.1. The maximum Gasteiger partial charge on any atom is 0.217 e. The van der Waals surface area contributed by atoms with Gasteiger partial charge in [-0.1, -0.05) is 0 Å². The minimum absolute atomic E-state index is 0.858. The summed E-state index contributed by atoms with van der Waals surface area (Å²) < 4.78 is 127. The quantitative estimate of drug-likeness (QED) is 0.0280. The first-order valence-corrected chi connectivity index (χ1v) is 43.5. The Morgan fingerprint density at radius 1 is 0.206 bits per heavy atom. The zero-order chi connectivity index (χ0) is 100. The lowest BCUT2D eigenvalue weighted by Gasteiger charge is -2.52. The van der Waals surface area contributed by atoms with Gasteiger partial charge in [0.05, 0.1) is 72.2 Å². The summed E-state index contributed by atoms with van der Waals surface area (Å²) in [5.74, 6) is -4.97. The van der Waals surface area contributed by atoms with E-state index in [4.69, 9.17) is 99.5 Å². The number of aliphatic hydroxyl groups is 29. The maximum absolute atomic E-state index is 13.7. The number of aliphatic hydroxyl groups excluding tert-OH is 29. The molecule has 0 spiro atoms. The second kappa shape index (κ2) is 48.8. The van der Waals surface area contributed by atoms with Crippen molar-refractivity contribution in [2.75, 3.05) is 66.1 Å². The molecule has 0 aromatic carbocycles. The molecule has 0 bridgehead atoms. The lowest BCUT2D eigenvalue weighted by atomic mass is 9.93. The van der Waals surface area contributed by atoms with Gasteiger partial charge in [0, 0.05) is 34.6 Å². The Morgan fingerprint density at radius 3 is 0.816 bits per heavy atom. The molecular formula is C76H127N5O55. The van der Waals surface area contributed by atoms with Gasteiger partial charge >= 0.3 is 0 Å². The molecule has 34 N–H and O–H groups in total. The van der Waals surface area contributed by atoms with Crippen molar-refractivity contribution >= 4 is 29.5 Å². The second-order valence-corrected chi connectivity index (χ2v) is 34.5. The molecule has 11 aliphatic rings. The lowest BCUT2D eigenvalue weighted by Crippen LogP contribution is -2.71. The van der Waals surface area contributed by atoms with E-state index in [1.54, 1.807) is 0 Å². The number of carbonyl (C=O) groups excluding carboxylic acids is 5. The Morgan fingerprint density at radius 2 is 0.456 bits per heavy atom. The van der Waals surface area contributed by atoms with Gasteiger partial charge in [-0.05, 0) is 6.92 Å². The molecule has 0 radical (unpaired) electrons. The topological polar surface area (TPSA) is 926 Å². The molecule has 55 atom stereocenters. The summed E-state index contributed by atoms with van der Waals surface area (Å²) in [6.07, 6.45) is -108. The highest BCUT2D eigenvalue weighted by Crippen LogP contribution is 2.42. The van der Waals surface area contributed by atoms with Crippen molar-refractivity contribution in [1.82, 2.24) is 26.6 Å². The molecule has 11 saturated heterocycles. The molecule has 11 fully saturated rings. The largest absolute Gasteiger partial charge is 0.394 e. The molecular weight excluding hydrogens is 1860 g/mol. The Balaban J connectivity index is 0.967. The van der Waals surface area contributed by atoms with Crippen LogP contribution in [0.15, 0.2) is 0 Å². The first kappa shape index (κ1) is 112. The van der Waals surface area contributed by atoms with Crippen LogP contribution in [-0.4, -0.2) is 581 Å². The lowest BCUT2D eigenvalue weighted by molar-refractivity contribution is -0.398. The average Bonchev–Trinajstić information content (AvgIpc) is 0.761. The molecule has 0 aromatic heterocycles. The van der Waals surface area contributed by atoms with Gasteiger partial charge in [0.2, 0.25) is 29.5 Å². The van der Waals surface area contributed by atoms with E-state index in [2.05, 4.69) is 26.6 Å². The van der Waals surface area contributed by atoms with Crippen LogP contribution in [0.3, 0.4) is 0 Å². The number of hydrogen-bond acceptors (Lipinski definition) is 55. The van der Waals surface area contributed by atoms with Crippen LogP contribution in [0.1, 0.15) is 41.5 Å². The number of rotatable bonds is 35. The van der Waals surface area contributed by atoms with E-state index < -0.39 is 433 Å². The van der Waals surface area contributed by atoms with Crippen molar-refractivity contribution in [3.8, 4) is 0 Å². The fraction of sp³-hybridized carbons (Fsp3) is 0.934. The molecule has 0 aliphatic carbocycles. The first-order valence-electron chi connectivity index (χ1n) is 43.5. The van der Waals surface area contributed by atoms with Gasteiger partial charge in [-0.15, -0.1) is 0 Å². The smallest absolute Gasteiger partial charge is 0.217 e. The van der Waals surface area contributed by atoms with Crippen LogP contribution in [0, 0.1) is 0 Å². The zero-order valence-corrected chi connectivity index (χ0v) is 73.4. The molecule has 60 nitrogen and oxygen atoms in total. The Bertz CT molecular complexity index is 3760. The second-order valence-electron chi connectivity index (χ2n) is 34.5. The van der Waals surface area contributed by atoms with Gasteiger partial charge in [0.25, 0.3) is 0 Å². The number of nitrogens with one attached hydrogen (secondary N) is 5. The fourth-order valence-electron chi connectivity index (χ4n) is 17.8. The molecule has 11 heterocycles. The number of ether oxygens (including phenoxy) is 21. The van der Waals surface area contributed by atoms with E-state index in [0.29, 0.717) is 0 Å². The Labute approximate surface area is 770 Å². The van der Waals surface area contributed by atoms with Crippen molar-refractivity contribution in [3.05, 3.63) is 0 Å². The molecule has 11 aliphatic heterocycles. The van der Waals surface area contributed by atoms with E-state index in [1.807, 2.05) is 0 Å². The predicted molar refractivity (Wildman–Crippen MR) is 419 cm³/mol. The SMILES string of the molecule is CC(=O)N[C@H]1[C@@H](O[C@H]2[C@@H](O)[C@@H](CO)O[C@@H](O[C@H]3[C@H](O)[C@@H](CO)O[C@@H](O[C@H]4[C@@H](O)[C@@H](CO[C@@H]5O[C@H](CO)[C@@H](O)[C@H](O[C@@H]6O[C@H](CO)[C@H](O)[C@H](O[C@H]7O[C@H](CO)[C@H](O)[C@H](O)[C@H]7NC(C)=O)[C@H]6O[C@@H]6O[C@@H](C)[C@@H](O)[C@@H](O)[C@@H]6O)[C@H]5NC(C)=O)O[C@@H](O[C@H]5[C@H](O)[C@@H](CO)O[C@@H](O[C@H]6[C@@H](O)[C@@H](CO)O[C@@H](O[C@H]7[C@H](O)[C@@H](O)[C@H](O)O[C@@H]7CO)[C@@H]6O)[C@@H]5NC(C)=O)[C@@H]4O)[C@@H]3NC(C)=O)[C@@H]2O)O[C@H](CO)[C@H](O)[C@@H]1O. The highest BCUT2D eigenvalue weighted by molar-refractivity contribution is 5.75. The van der Waals surface area contributed by atoms with Gasteiger partial charge in [-0.3, -0.25) is 24.0 Å². The Hall–Kier alpha value is -4.65. The van der Waals surface area contributed by atoms with Crippen LogP contribution in [0.5, 0.6) is 0 Å². The number of amides is 5. The normalized spacial score (nSPS) is 49.2. The van der Waals surface area contributed by atoms with Crippen molar-refractivity contribution < 1.29 is 272 Å². The van der Waals surface area contributed by atoms with Crippen molar-refractivity contribution in [1.29, 1.82) is 0 Å². The van der Waals surface area contributed by atoms with E-state index in [1.165, 1.54) is 6.92 Å². The number of carbonyl (C=O) groups is 5. The zero-order valence-electron chi connectivity index (χ0n) is 73.4. The van der Waals surface area contributed by atoms with E-state index >= 15 is 0 Å². The van der Waals surface area contributed by atoms with Gasteiger partial charge in [-0.2, -0.15) is 0 Å².